The van der Waals surface area contributed by atoms with Gasteiger partial charge in [0.2, 0.25) is 82.7 Å². The number of aliphatic hydroxyl groups excluding tert-OH is 1. The van der Waals surface area contributed by atoms with Gasteiger partial charge in [0.15, 0.2) is 0 Å². The number of phenolic OH excluding ortho intramolecular Hbond substituents is 1. The van der Waals surface area contributed by atoms with Crippen molar-refractivity contribution in [3.8, 4) is 5.75 Å². The number of primary amides is 1. The van der Waals surface area contributed by atoms with Crippen LogP contribution in [0.3, 0.4) is 0 Å². The van der Waals surface area contributed by atoms with Crippen molar-refractivity contribution < 1.29 is 97.1 Å². The molecule has 14 amide bonds. The summed E-state index contributed by atoms with van der Waals surface area (Å²) >= 11 is 24.6. The normalized spacial score (nSPS) is 16.7. The minimum atomic E-state index is -1.75. The molecule has 2 rings (SSSR count). The Labute approximate surface area is 590 Å². The predicted molar refractivity (Wildman–Crippen MR) is 367 cm³/mol. The average Bonchev–Trinajstić information content (AvgIpc) is 1.72. The minimum Gasteiger partial charge on any atom is -0.508 e. The summed E-state index contributed by atoms with van der Waals surface area (Å²) in [6, 6.07) is -13.6. The molecule has 0 aliphatic carbocycles. The van der Waals surface area contributed by atoms with Crippen molar-refractivity contribution in [1.82, 2.24) is 68.7 Å². The lowest BCUT2D eigenvalue weighted by Crippen LogP contribution is -2.61. The highest BCUT2D eigenvalue weighted by Gasteiger charge is 2.41. The zero-order valence-electron chi connectivity index (χ0n) is 53.2. The molecule has 1 fully saturated rings. The van der Waals surface area contributed by atoms with Crippen LogP contribution in [0.4, 0.5) is 0 Å². The van der Waals surface area contributed by atoms with Crippen molar-refractivity contribution in [2.75, 3.05) is 47.6 Å². The molecule has 1 aromatic carbocycles. The monoisotopic (exact) mass is 1480 g/mol. The molecule has 41 heteroatoms. The van der Waals surface area contributed by atoms with E-state index >= 15 is 0 Å². The number of likely N-dealkylation sites (tertiary alicyclic amines) is 1. The number of carboxylic acid groups (broad SMARTS) is 2. The van der Waals surface area contributed by atoms with Gasteiger partial charge in [0.25, 0.3) is 0 Å². The molecule has 1 heterocycles. The average molecular weight is 1480 g/mol. The lowest BCUT2D eigenvalue weighted by molar-refractivity contribution is -0.143. The summed E-state index contributed by atoms with van der Waals surface area (Å²) in [4.78, 5) is 212. The fourth-order valence-corrected chi connectivity index (χ4v) is 10.5. The SMILES string of the molecule is CC(C)C[C@H](NC(=O)[C@H](CCC(=O)O)NC(=O)[C@H](CS)NC(=O)[C@@H](N)CS)C(=O)N[C@@H](CS)C(=O)N[C@@H](CS)C(=O)N[C@@H](CC(N)=O)C(=O)N1CCC[C@H]1C(=O)N[C@@H](C)C(=O)N[C@@H](CS)C(=O)N[C@H](C(=O)NCC(=O)N[C@@H](CS)C(=O)N[C@@H](Cc1ccc(O)cc1)C(=O)O)[C@@H](C)O. The van der Waals surface area contributed by atoms with Crippen molar-refractivity contribution in [2.45, 2.75) is 157 Å². The summed E-state index contributed by atoms with van der Waals surface area (Å²) in [5.74, 6) is -18.8. The van der Waals surface area contributed by atoms with E-state index in [0.717, 1.165) is 11.8 Å². The van der Waals surface area contributed by atoms with Crippen LogP contribution in [0.5, 0.6) is 5.75 Å². The van der Waals surface area contributed by atoms with Crippen LogP contribution in [-0.4, -0.2) is 252 Å². The standard InChI is InChI=1S/C56H87N15O20S6/c1-24(2)14-31(63-46(80)30(11-12-42(76)77)62-49(83)35(20-94)67-45(79)29(57)18-92)47(81)68-37(22-96)51(85)69-36(21-95)50(84)64-32(16-40(58)74)55(89)71-13-5-6-39(71)53(87)60-25(3)44(78)66-38(23-97)52(86)70-43(26(4)72)54(88)59-17-41(75)61-34(19-93)48(82)65-33(56(90)91)15-27-7-9-28(73)10-8-27/h7-10,24-26,29-39,43,72-73,92-97H,5-6,11-23,57H2,1-4H3,(H2,58,74)(H,59,88)(H,60,87)(H,61,75)(H,62,83)(H,63,80)(H,64,84)(H,65,82)(H,66,78)(H,67,79)(H,68,81)(H,69,85)(H,70,86)(H,76,77)(H,90,91)/t25-,26+,29-,30-,31-,32-,33-,34-,35-,36-,37-,38-,39-,43-/m0/s1. The number of aromatic hydroxyl groups is 1. The Morgan fingerprint density at radius 3 is 1.43 bits per heavy atom. The first-order valence-corrected chi connectivity index (χ1v) is 33.9. The van der Waals surface area contributed by atoms with Crippen LogP contribution in [0.15, 0.2) is 24.3 Å². The fraction of sp³-hybridized carbons (Fsp3) is 0.607. The third-order valence-electron chi connectivity index (χ3n) is 14.3. The number of hydrogen-bond acceptors (Lipinski definition) is 25. The number of nitrogens with zero attached hydrogens (tertiary/aromatic N) is 1. The molecule has 0 saturated carbocycles. The summed E-state index contributed by atoms with van der Waals surface area (Å²) in [7, 11) is 0. The molecule has 1 aliphatic rings. The Morgan fingerprint density at radius 1 is 0.536 bits per heavy atom. The Kier molecular flexibility index (Phi) is 38.0. The van der Waals surface area contributed by atoms with Gasteiger partial charge in [0.05, 0.1) is 25.1 Å². The number of benzene rings is 1. The van der Waals surface area contributed by atoms with Crippen LogP contribution in [0.1, 0.15) is 71.8 Å². The van der Waals surface area contributed by atoms with Gasteiger partial charge in [-0.25, -0.2) is 4.79 Å². The molecule has 0 radical (unpaired) electrons. The summed E-state index contributed by atoms with van der Waals surface area (Å²) < 4.78 is 0. The summed E-state index contributed by atoms with van der Waals surface area (Å²) in [5.41, 5.74) is 11.6. The second kappa shape index (κ2) is 43.1. The van der Waals surface area contributed by atoms with E-state index in [0.29, 0.717) is 5.56 Å². The molecule has 35 nitrogen and oxygen atoms in total. The molecule has 0 aromatic heterocycles. The van der Waals surface area contributed by atoms with Gasteiger partial charge in [-0.2, -0.15) is 75.8 Å². The third-order valence-corrected chi connectivity index (χ3v) is 16.6. The number of thiol groups is 6. The van der Waals surface area contributed by atoms with Crippen molar-refractivity contribution in [3.05, 3.63) is 29.8 Å². The number of nitrogens with one attached hydrogen (secondary N) is 12. The van der Waals surface area contributed by atoms with E-state index in [1.54, 1.807) is 13.8 Å². The summed E-state index contributed by atoms with van der Waals surface area (Å²) in [6.45, 7) is 4.81. The Balaban J connectivity index is 2.14. The van der Waals surface area contributed by atoms with Gasteiger partial charge in [0, 0.05) is 53.9 Å². The predicted octanol–water partition coefficient (Wildman–Crippen LogP) is -7.45. The van der Waals surface area contributed by atoms with Crippen molar-refractivity contribution in [1.29, 1.82) is 0 Å². The van der Waals surface area contributed by atoms with E-state index in [-0.39, 0.29) is 61.2 Å². The molecule has 14 atom stereocenters. The molecular formula is C56H87N15O20S6. The topological polar surface area (TPSA) is 554 Å². The number of carbonyl (C=O) groups is 16. The molecule has 97 heavy (non-hydrogen) atoms. The number of phenols is 1. The van der Waals surface area contributed by atoms with E-state index < -0.39 is 222 Å². The second-order valence-electron chi connectivity index (χ2n) is 22.6. The van der Waals surface area contributed by atoms with E-state index in [2.05, 4.69) is 140 Å². The maximum Gasteiger partial charge on any atom is 0.326 e. The van der Waals surface area contributed by atoms with Gasteiger partial charge in [-0.05, 0) is 63.1 Å². The Hall–Kier alpha value is -7.44. The highest BCUT2D eigenvalue weighted by Crippen LogP contribution is 2.20. The van der Waals surface area contributed by atoms with Gasteiger partial charge in [0.1, 0.15) is 78.3 Å². The van der Waals surface area contributed by atoms with Gasteiger partial charge >= 0.3 is 11.9 Å². The number of amides is 14. The van der Waals surface area contributed by atoms with E-state index in [1.165, 1.54) is 31.2 Å². The molecule has 20 N–H and O–H groups in total. The van der Waals surface area contributed by atoms with Crippen LogP contribution in [-0.2, 0) is 83.1 Å². The van der Waals surface area contributed by atoms with Crippen LogP contribution in [0.2, 0.25) is 0 Å². The van der Waals surface area contributed by atoms with Gasteiger partial charge < -0.3 is 101 Å². The largest absolute Gasteiger partial charge is 0.508 e. The maximum absolute atomic E-state index is 14.2. The maximum atomic E-state index is 14.2. The molecule has 0 spiro atoms. The Bertz CT molecular complexity index is 2980. The first kappa shape index (κ1) is 85.6. The van der Waals surface area contributed by atoms with Crippen LogP contribution in [0, 0.1) is 5.92 Å². The highest BCUT2D eigenvalue weighted by atomic mass is 32.1. The third kappa shape index (κ3) is 29.3. The fourth-order valence-electron chi connectivity index (χ4n) is 9.03. The molecule has 1 aromatic rings. The number of aliphatic carboxylic acids is 2. The molecule has 1 saturated heterocycles. The van der Waals surface area contributed by atoms with Gasteiger partial charge in [-0.1, -0.05) is 26.0 Å². The van der Waals surface area contributed by atoms with Crippen molar-refractivity contribution in [2.24, 2.45) is 17.4 Å². The first-order chi connectivity index (χ1) is 45.6. The number of rotatable bonds is 42. The molecule has 1 aliphatic heterocycles. The van der Waals surface area contributed by atoms with Crippen molar-refractivity contribution in [3.63, 3.8) is 0 Å². The second-order valence-corrected chi connectivity index (χ2v) is 24.8. The first-order valence-electron chi connectivity index (χ1n) is 30.1. The number of nitrogens with two attached hydrogens (primary N) is 2. The Morgan fingerprint density at radius 2 is 0.969 bits per heavy atom. The van der Waals surface area contributed by atoms with Gasteiger partial charge in [-0.3, -0.25) is 71.9 Å². The zero-order valence-corrected chi connectivity index (χ0v) is 58.5. The highest BCUT2D eigenvalue weighted by molar-refractivity contribution is 7.81. The van der Waals surface area contributed by atoms with Crippen LogP contribution in [0.25, 0.3) is 0 Å². The number of aliphatic hydroxyl groups is 1. The smallest absolute Gasteiger partial charge is 0.326 e. The quantitative estimate of drug-likeness (QED) is 0.0270. The van der Waals surface area contributed by atoms with Crippen LogP contribution >= 0.6 is 75.8 Å². The lowest BCUT2D eigenvalue weighted by atomic mass is 10.0. The van der Waals surface area contributed by atoms with E-state index in [1.807, 2.05) is 0 Å². The number of carboxylic acids is 2. The van der Waals surface area contributed by atoms with Crippen molar-refractivity contribution >= 4 is 170 Å². The number of hydrogen-bond donors (Lipinski definition) is 24. The molecular weight excluding hydrogens is 1400 g/mol. The molecule has 0 bridgehead atoms. The van der Waals surface area contributed by atoms with Gasteiger partial charge in [-0.15, -0.1) is 0 Å². The zero-order chi connectivity index (χ0) is 73.6. The number of carbonyl (C=O) groups excluding carboxylic acids is 14. The molecule has 542 valence electrons. The van der Waals surface area contributed by atoms with E-state index in [4.69, 9.17) is 11.5 Å². The lowest BCUT2D eigenvalue weighted by Gasteiger charge is -2.30. The summed E-state index contributed by atoms with van der Waals surface area (Å²) in [6.07, 6.45) is -3.56. The summed E-state index contributed by atoms with van der Waals surface area (Å²) in [5, 5.41) is 67.3. The van der Waals surface area contributed by atoms with Crippen LogP contribution < -0.4 is 75.3 Å². The van der Waals surface area contributed by atoms with E-state index in [9.17, 15) is 97.1 Å². The minimum absolute atomic E-state index is 0.0111. The molecule has 0 unspecified atom stereocenters.